The number of nitrogens with one attached hydrogen (secondary N) is 1. The number of hydrogen-bond acceptors (Lipinski definition) is 4. The SMILES string of the molecule is CCCCCN(CCC(=O)NCc1ccc(F)cc1)C(=O)c1cnccn1. The Labute approximate surface area is 158 Å². The summed E-state index contributed by atoms with van der Waals surface area (Å²) in [5.41, 5.74) is 1.10. The van der Waals surface area contributed by atoms with Gasteiger partial charge in [-0.1, -0.05) is 31.9 Å². The molecule has 0 fully saturated rings. The van der Waals surface area contributed by atoms with Gasteiger partial charge in [0.15, 0.2) is 0 Å². The van der Waals surface area contributed by atoms with Crippen LogP contribution in [0.15, 0.2) is 42.9 Å². The van der Waals surface area contributed by atoms with Gasteiger partial charge in [0.25, 0.3) is 5.91 Å². The molecule has 0 radical (unpaired) electrons. The molecule has 0 bridgehead atoms. The van der Waals surface area contributed by atoms with Crippen LogP contribution in [0.4, 0.5) is 4.39 Å². The Morgan fingerprint density at radius 3 is 2.56 bits per heavy atom. The number of carbonyl (C=O) groups is 2. The molecule has 7 heteroatoms. The van der Waals surface area contributed by atoms with Gasteiger partial charge in [0, 0.05) is 38.4 Å². The first kappa shape index (κ1) is 20.5. The zero-order valence-corrected chi connectivity index (χ0v) is 15.5. The first-order valence-corrected chi connectivity index (χ1v) is 9.16. The molecule has 0 saturated carbocycles. The van der Waals surface area contributed by atoms with E-state index in [1.165, 1.54) is 30.7 Å². The van der Waals surface area contributed by atoms with Crippen molar-refractivity contribution in [3.63, 3.8) is 0 Å². The second kappa shape index (κ2) is 11.0. The van der Waals surface area contributed by atoms with E-state index in [-0.39, 0.29) is 29.7 Å². The van der Waals surface area contributed by atoms with Crippen molar-refractivity contribution in [2.45, 2.75) is 39.2 Å². The van der Waals surface area contributed by atoms with E-state index in [0.29, 0.717) is 19.6 Å². The smallest absolute Gasteiger partial charge is 0.274 e. The lowest BCUT2D eigenvalue weighted by atomic mass is 10.2. The van der Waals surface area contributed by atoms with Gasteiger partial charge in [-0.15, -0.1) is 0 Å². The van der Waals surface area contributed by atoms with E-state index in [4.69, 9.17) is 0 Å². The monoisotopic (exact) mass is 372 g/mol. The van der Waals surface area contributed by atoms with Crippen LogP contribution >= 0.6 is 0 Å². The summed E-state index contributed by atoms with van der Waals surface area (Å²) in [7, 11) is 0. The first-order chi connectivity index (χ1) is 13.1. The van der Waals surface area contributed by atoms with Gasteiger partial charge >= 0.3 is 0 Å². The van der Waals surface area contributed by atoms with Crippen molar-refractivity contribution in [3.05, 3.63) is 59.9 Å². The average Bonchev–Trinajstić information content (AvgIpc) is 2.70. The van der Waals surface area contributed by atoms with E-state index in [9.17, 15) is 14.0 Å². The maximum Gasteiger partial charge on any atom is 0.274 e. The molecule has 6 nitrogen and oxygen atoms in total. The Balaban J connectivity index is 1.87. The van der Waals surface area contributed by atoms with Crippen LogP contribution in [0, 0.1) is 5.82 Å². The molecule has 1 aromatic heterocycles. The second-order valence-electron chi connectivity index (χ2n) is 6.24. The molecule has 1 aromatic carbocycles. The molecule has 144 valence electrons. The van der Waals surface area contributed by atoms with E-state index < -0.39 is 0 Å². The number of benzene rings is 1. The summed E-state index contributed by atoms with van der Waals surface area (Å²) in [6.45, 7) is 3.31. The van der Waals surface area contributed by atoms with Crippen LogP contribution in [0.3, 0.4) is 0 Å². The number of hydrogen-bond donors (Lipinski definition) is 1. The van der Waals surface area contributed by atoms with E-state index in [1.54, 1.807) is 17.0 Å². The molecule has 1 N–H and O–H groups in total. The van der Waals surface area contributed by atoms with Gasteiger partial charge in [-0.05, 0) is 24.1 Å². The normalized spacial score (nSPS) is 10.4. The molecule has 2 aromatic rings. The number of halogens is 1. The van der Waals surface area contributed by atoms with E-state index in [0.717, 1.165) is 24.8 Å². The maximum atomic E-state index is 12.9. The van der Waals surface area contributed by atoms with Crippen molar-refractivity contribution < 1.29 is 14.0 Å². The highest BCUT2D eigenvalue weighted by molar-refractivity contribution is 5.92. The van der Waals surface area contributed by atoms with Crippen LogP contribution in [0.25, 0.3) is 0 Å². The predicted octanol–water partition coefficient (Wildman–Crippen LogP) is 2.95. The van der Waals surface area contributed by atoms with Crippen molar-refractivity contribution in [2.75, 3.05) is 13.1 Å². The topological polar surface area (TPSA) is 75.2 Å². The Kier molecular flexibility index (Phi) is 8.35. The molecular formula is C20H25FN4O2. The standard InChI is InChI=1S/C20H25FN4O2/c1-2-3-4-12-25(20(27)18-15-22-10-11-23-18)13-9-19(26)24-14-16-5-7-17(21)8-6-16/h5-8,10-11,15H,2-4,9,12-14H2,1H3,(H,24,26). The third-order valence-electron chi connectivity index (χ3n) is 4.11. The van der Waals surface area contributed by atoms with Crippen LogP contribution in [0.5, 0.6) is 0 Å². The van der Waals surface area contributed by atoms with Gasteiger partial charge in [0.05, 0.1) is 6.20 Å². The molecule has 0 aliphatic carbocycles. The Bertz CT molecular complexity index is 723. The van der Waals surface area contributed by atoms with Gasteiger partial charge in [-0.3, -0.25) is 14.6 Å². The third kappa shape index (κ3) is 7.13. The van der Waals surface area contributed by atoms with Crippen molar-refractivity contribution >= 4 is 11.8 Å². The third-order valence-corrected chi connectivity index (χ3v) is 4.11. The molecule has 0 saturated heterocycles. The van der Waals surface area contributed by atoms with Crippen LogP contribution < -0.4 is 5.32 Å². The van der Waals surface area contributed by atoms with Crippen LogP contribution in [0.2, 0.25) is 0 Å². The predicted molar refractivity (Wildman–Crippen MR) is 100 cm³/mol. The summed E-state index contributed by atoms with van der Waals surface area (Å²) in [5, 5.41) is 2.79. The van der Waals surface area contributed by atoms with Gasteiger partial charge in [-0.25, -0.2) is 9.37 Å². The summed E-state index contributed by atoms with van der Waals surface area (Å²) >= 11 is 0. The van der Waals surface area contributed by atoms with Gasteiger partial charge in [0.1, 0.15) is 11.5 Å². The fourth-order valence-corrected chi connectivity index (χ4v) is 2.57. The molecule has 0 aliphatic heterocycles. The molecule has 27 heavy (non-hydrogen) atoms. The minimum absolute atomic E-state index is 0.160. The van der Waals surface area contributed by atoms with E-state index in [1.807, 2.05) is 0 Å². The van der Waals surface area contributed by atoms with Crippen LogP contribution in [-0.4, -0.2) is 39.8 Å². The largest absolute Gasteiger partial charge is 0.352 e. The number of nitrogens with zero attached hydrogens (tertiary/aromatic N) is 3. The fraction of sp³-hybridized carbons (Fsp3) is 0.400. The molecule has 2 rings (SSSR count). The molecule has 0 atom stereocenters. The number of carbonyl (C=O) groups excluding carboxylic acids is 2. The zero-order chi connectivity index (χ0) is 19.5. The molecular weight excluding hydrogens is 347 g/mol. The minimum atomic E-state index is -0.310. The lowest BCUT2D eigenvalue weighted by Crippen LogP contribution is -2.36. The molecule has 1 heterocycles. The van der Waals surface area contributed by atoms with E-state index in [2.05, 4.69) is 22.2 Å². The number of amides is 2. The molecule has 0 unspecified atom stereocenters. The Morgan fingerprint density at radius 1 is 1.11 bits per heavy atom. The summed E-state index contributed by atoms with van der Waals surface area (Å²) in [5.74, 6) is -0.687. The number of rotatable bonds is 10. The quantitative estimate of drug-likeness (QED) is 0.651. The van der Waals surface area contributed by atoms with Crippen molar-refractivity contribution in [3.8, 4) is 0 Å². The van der Waals surface area contributed by atoms with Gasteiger partial charge < -0.3 is 10.2 Å². The Morgan fingerprint density at radius 2 is 1.89 bits per heavy atom. The van der Waals surface area contributed by atoms with Crippen LogP contribution in [-0.2, 0) is 11.3 Å². The summed E-state index contributed by atoms with van der Waals surface area (Å²) in [6.07, 6.45) is 7.56. The van der Waals surface area contributed by atoms with Crippen molar-refractivity contribution in [1.29, 1.82) is 0 Å². The van der Waals surface area contributed by atoms with Gasteiger partial charge in [-0.2, -0.15) is 0 Å². The summed E-state index contributed by atoms with van der Waals surface area (Å²) < 4.78 is 12.9. The van der Waals surface area contributed by atoms with Crippen molar-refractivity contribution in [1.82, 2.24) is 20.2 Å². The number of unbranched alkanes of at least 4 members (excludes halogenated alkanes) is 2. The minimum Gasteiger partial charge on any atom is -0.352 e. The highest BCUT2D eigenvalue weighted by atomic mass is 19.1. The van der Waals surface area contributed by atoms with Crippen molar-refractivity contribution in [2.24, 2.45) is 0 Å². The fourth-order valence-electron chi connectivity index (χ4n) is 2.57. The first-order valence-electron chi connectivity index (χ1n) is 9.16. The summed E-state index contributed by atoms with van der Waals surface area (Å²) in [6, 6.07) is 5.97. The lowest BCUT2D eigenvalue weighted by Gasteiger charge is -2.22. The highest BCUT2D eigenvalue weighted by Crippen LogP contribution is 2.06. The maximum absolute atomic E-state index is 12.9. The van der Waals surface area contributed by atoms with Gasteiger partial charge in [0.2, 0.25) is 5.91 Å². The number of aromatic nitrogens is 2. The Hall–Kier alpha value is -2.83. The molecule has 0 aliphatic rings. The lowest BCUT2D eigenvalue weighted by molar-refractivity contribution is -0.121. The zero-order valence-electron chi connectivity index (χ0n) is 15.5. The average molecular weight is 372 g/mol. The van der Waals surface area contributed by atoms with E-state index >= 15 is 0 Å². The molecule has 0 spiro atoms. The summed E-state index contributed by atoms with van der Waals surface area (Å²) in [4.78, 5) is 34.4. The highest BCUT2D eigenvalue weighted by Gasteiger charge is 2.18. The second-order valence-corrected chi connectivity index (χ2v) is 6.24. The van der Waals surface area contributed by atoms with Crippen LogP contribution in [0.1, 0.15) is 48.7 Å². The molecule has 2 amide bonds.